The third kappa shape index (κ3) is 3.23. The van der Waals surface area contributed by atoms with Crippen molar-refractivity contribution in [3.63, 3.8) is 0 Å². The number of rotatable bonds is 5. The van der Waals surface area contributed by atoms with Crippen molar-refractivity contribution in [3.8, 4) is 11.5 Å². The van der Waals surface area contributed by atoms with Gasteiger partial charge in [0.2, 0.25) is 18.6 Å². The minimum Gasteiger partial charge on any atom is -0.454 e. The first-order valence-electron chi connectivity index (χ1n) is 9.04. The first-order chi connectivity index (χ1) is 13.0. The lowest BCUT2D eigenvalue weighted by atomic mass is 10.0. The zero-order valence-corrected chi connectivity index (χ0v) is 15.4. The van der Waals surface area contributed by atoms with Crippen LogP contribution in [0.25, 0.3) is 0 Å². The number of carbonyl (C=O) groups excluding carboxylic acids is 2. The van der Waals surface area contributed by atoms with Crippen molar-refractivity contribution in [1.82, 2.24) is 5.32 Å². The molecule has 1 fully saturated rings. The van der Waals surface area contributed by atoms with Gasteiger partial charge in [-0.25, -0.2) is 0 Å². The highest BCUT2D eigenvalue weighted by molar-refractivity contribution is 6.13. The van der Waals surface area contributed by atoms with E-state index >= 15 is 0 Å². The van der Waals surface area contributed by atoms with Crippen LogP contribution in [0.15, 0.2) is 36.4 Å². The average Bonchev–Trinajstić information content (AvgIpc) is 3.34. The number of hydrogen-bond acceptors (Lipinski definition) is 4. The van der Waals surface area contributed by atoms with Crippen LogP contribution in [0.2, 0.25) is 0 Å². The number of anilines is 1. The van der Waals surface area contributed by atoms with E-state index in [-0.39, 0.29) is 18.6 Å². The average molecular weight is 366 g/mol. The van der Waals surface area contributed by atoms with Crippen molar-refractivity contribution in [2.45, 2.75) is 33.2 Å². The molecule has 6 heteroatoms. The number of carbonyl (C=O) groups is 2. The molecule has 2 amide bonds. The highest BCUT2D eigenvalue weighted by Gasteiger charge is 2.56. The Morgan fingerprint density at radius 3 is 2.41 bits per heavy atom. The fourth-order valence-electron chi connectivity index (χ4n) is 3.33. The van der Waals surface area contributed by atoms with E-state index in [0.717, 1.165) is 22.4 Å². The topological polar surface area (TPSA) is 76.7 Å². The van der Waals surface area contributed by atoms with Gasteiger partial charge in [0.15, 0.2) is 11.5 Å². The molecule has 1 aliphatic heterocycles. The maximum absolute atomic E-state index is 12.8. The molecule has 140 valence electrons. The van der Waals surface area contributed by atoms with Gasteiger partial charge in [-0.2, -0.15) is 0 Å². The van der Waals surface area contributed by atoms with Gasteiger partial charge in [0.1, 0.15) is 5.41 Å². The summed E-state index contributed by atoms with van der Waals surface area (Å²) in [6.07, 6.45) is 1.13. The van der Waals surface area contributed by atoms with Crippen molar-refractivity contribution in [2.75, 3.05) is 12.1 Å². The molecule has 2 aliphatic rings. The predicted octanol–water partition coefficient (Wildman–Crippen LogP) is 3.07. The summed E-state index contributed by atoms with van der Waals surface area (Å²) in [5, 5.41) is 5.85. The van der Waals surface area contributed by atoms with E-state index in [4.69, 9.17) is 9.47 Å². The zero-order chi connectivity index (χ0) is 19.0. The second-order valence-corrected chi connectivity index (χ2v) is 7.17. The summed E-state index contributed by atoms with van der Waals surface area (Å²) >= 11 is 0. The van der Waals surface area contributed by atoms with Crippen molar-refractivity contribution in [2.24, 2.45) is 5.41 Å². The van der Waals surface area contributed by atoms with E-state index in [1.165, 1.54) is 0 Å². The van der Waals surface area contributed by atoms with E-state index in [2.05, 4.69) is 10.6 Å². The van der Waals surface area contributed by atoms with Crippen LogP contribution in [0, 0.1) is 19.3 Å². The van der Waals surface area contributed by atoms with E-state index in [1.807, 2.05) is 50.2 Å². The number of hydrogen-bond donors (Lipinski definition) is 2. The molecule has 2 aromatic carbocycles. The van der Waals surface area contributed by atoms with Crippen LogP contribution in [0.5, 0.6) is 11.5 Å². The fourth-order valence-corrected chi connectivity index (χ4v) is 3.33. The Morgan fingerprint density at radius 1 is 1.00 bits per heavy atom. The van der Waals surface area contributed by atoms with Crippen molar-refractivity contribution in [1.29, 1.82) is 0 Å². The molecule has 6 nitrogen and oxygen atoms in total. The number of para-hydroxylation sites is 1. The molecule has 4 rings (SSSR count). The summed E-state index contributed by atoms with van der Waals surface area (Å²) < 4.78 is 10.6. The Morgan fingerprint density at radius 2 is 1.70 bits per heavy atom. The van der Waals surface area contributed by atoms with Crippen LogP contribution < -0.4 is 20.1 Å². The molecular formula is C21H22N2O4. The molecule has 1 saturated carbocycles. The lowest BCUT2D eigenvalue weighted by Crippen LogP contribution is -2.39. The van der Waals surface area contributed by atoms with Crippen molar-refractivity contribution in [3.05, 3.63) is 53.1 Å². The highest BCUT2D eigenvalue weighted by atomic mass is 16.7. The van der Waals surface area contributed by atoms with Crippen LogP contribution in [-0.4, -0.2) is 18.6 Å². The third-order valence-electron chi connectivity index (χ3n) is 5.23. The van der Waals surface area contributed by atoms with Crippen LogP contribution in [0.1, 0.15) is 29.5 Å². The van der Waals surface area contributed by atoms with Gasteiger partial charge in [-0.3, -0.25) is 9.59 Å². The lowest BCUT2D eigenvalue weighted by molar-refractivity contribution is -0.134. The van der Waals surface area contributed by atoms with Crippen LogP contribution >= 0.6 is 0 Å². The van der Waals surface area contributed by atoms with E-state index < -0.39 is 5.41 Å². The SMILES string of the molecule is Cc1cccc(C)c1NC(=O)C1(C(=O)NCc2ccc3c(c2)OCO3)CC1. The summed E-state index contributed by atoms with van der Waals surface area (Å²) in [6.45, 7) is 4.45. The molecule has 0 unspecified atom stereocenters. The summed E-state index contributed by atoms with van der Waals surface area (Å²) in [5.41, 5.74) is 2.70. The largest absolute Gasteiger partial charge is 0.454 e. The van der Waals surface area contributed by atoms with Crippen LogP contribution in [0.4, 0.5) is 5.69 Å². The van der Waals surface area contributed by atoms with Crippen LogP contribution in [-0.2, 0) is 16.1 Å². The molecule has 2 N–H and O–H groups in total. The van der Waals surface area contributed by atoms with Gasteiger partial charge in [-0.1, -0.05) is 24.3 Å². The Hall–Kier alpha value is -3.02. The summed E-state index contributed by atoms with van der Waals surface area (Å²) in [5.74, 6) is 0.916. The number of ether oxygens (including phenoxy) is 2. The Bertz CT molecular complexity index is 898. The highest BCUT2D eigenvalue weighted by Crippen LogP contribution is 2.47. The second-order valence-electron chi connectivity index (χ2n) is 7.17. The van der Waals surface area contributed by atoms with Crippen molar-refractivity contribution >= 4 is 17.5 Å². The van der Waals surface area contributed by atoms with Gasteiger partial charge in [0.25, 0.3) is 0 Å². The summed E-state index contributed by atoms with van der Waals surface area (Å²) in [6, 6.07) is 11.4. The maximum Gasteiger partial charge on any atom is 0.240 e. The minimum atomic E-state index is -0.967. The molecule has 0 spiro atoms. The smallest absolute Gasteiger partial charge is 0.240 e. The first-order valence-corrected chi connectivity index (χ1v) is 9.04. The molecule has 1 aliphatic carbocycles. The fraction of sp³-hybridized carbons (Fsp3) is 0.333. The molecule has 0 saturated heterocycles. The minimum absolute atomic E-state index is 0.215. The van der Waals surface area contributed by atoms with Gasteiger partial charge >= 0.3 is 0 Å². The van der Waals surface area contributed by atoms with Gasteiger partial charge in [0, 0.05) is 12.2 Å². The zero-order valence-electron chi connectivity index (χ0n) is 15.4. The summed E-state index contributed by atoms with van der Waals surface area (Å²) in [7, 11) is 0. The monoisotopic (exact) mass is 366 g/mol. The molecule has 2 aromatic rings. The molecule has 0 bridgehead atoms. The number of nitrogens with one attached hydrogen (secondary N) is 2. The second kappa shape index (κ2) is 6.61. The van der Waals surface area contributed by atoms with E-state index in [9.17, 15) is 9.59 Å². The number of amides is 2. The third-order valence-corrected chi connectivity index (χ3v) is 5.23. The summed E-state index contributed by atoms with van der Waals surface area (Å²) in [4.78, 5) is 25.5. The number of fused-ring (bicyclic) bond motifs is 1. The normalized spacial score (nSPS) is 15.9. The van der Waals surface area contributed by atoms with Gasteiger partial charge < -0.3 is 20.1 Å². The van der Waals surface area contributed by atoms with E-state index in [0.29, 0.717) is 30.9 Å². The number of benzene rings is 2. The van der Waals surface area contributed by atoms with E-state index in [1.54, 1.807) is 0 Å². The lowest BCUT2D eigenvalue weighted by Gasteiger charge is -2.18. The molecule has 0 radical (unpaired) electrons. The maximum atomic E-state index is 12.8. The number of aryl methyl sites for hydroxylation is 2. The first kappa shape index (κ1) is 17.4. The Labute approximate surface area is 157 Å². The molecular weight excluding hydrogens is 344 g/mol. The van der Waals surface area contributed by atoms with Gasteiger partial charge in [0.05, 0.1) is 0 Å². The van der Waals surface area contributed by atoms with Crippen LogP contribution in [0.3, 0.4) is 0 Å². The molecule has 1 heterocycles. The van der Waals surface area contributed by atoms with Crippen molar-refractivity contribution < 1.29 is 19.1 Å². The molecule has 27 heavy (non-hydrogen) atoms. The standard InChI is InChI=1S/C21H22N2O4/c1-13-4-3-5-14(2)18(13)23-20(25)21(8-9-21)19(24)22-11-15-6-7-16-17(10-15)27-12-26-16/h3-7,10H,8-9,11-12H2,1-2H3,(H,22,24)(H,23,25). The quantitative estimate of drug-likeness (QED) is 0.798. The Kier molecular flexibility index (Phi) is 4.26. The van der Waals surface area contributed by atoms with Gasteiger partial charge in [-0.15, -0.1) is 0 Å². The molecule has 0 aromatic heterocycles. The van der Waals surface area contributed by atoms with Gasteiger partial charge in [-0.05, 0) is 55.5 Å². The molecule has 0 atom stereocenters. The Balaban J connectivity index is 1.41. The predicted molar refractivity (Wildman–Crippen MR) is 101 cm³/mol.